The molecule has 3 rings (SSSR count). The number of carbonyl (C=O) groups excluding carboxylic acids is 2. The maximum atomic E-state index is 14.0. The van der Waals surface area contributed by atoms with Gasteiger partial charge in [0.25, 0.3) is 0 Å². The van der Waals surface area contributed by atoms with Gasteiger partial charge in [0, 0.05) is 19.2 Å². The van der Waals surface area contributed by atoms with Crippen molar-refractivity contribution in [2.24, 2.45) is 0 Å². The number of likely N-dealkylation sites (tertiary alicyclic amines) is 1. The van der Waals surface area contributed by atoms with E-state index in [0.717, 1.165) is 15.8 Å². The van der Waals surface area contributed by atoms with Crippen LogP contribution in [-0.2, 0) is 22.3 Å². The molecule has 3 heterocycles. The molecular formula is C20H24F4N6O4. The van der Waals surface area contributed by atoms with Gasteiger partial charge in [-0.1, -0.05) is 0 Å². The molecule has 0 radical (unpaired) electrons. The number of carbonyl (C=O) groups is 2. The van der Waals surface area contributed by atoms with Crippen molar-refractivity contribution >= 4 is 12.0 Å². The minimum Gasteiger partial charge on any atom is -0.480 e. The monoisotopic (exact) mass is 488 g/mol. The zero-order valence-corrected chi connectivity index (χ0v) is 18.9. The van der Waals surface area contributed by atoms with Crippen LogP contribution in [0.5, 0.6) is 5.88 Å². The van der Waals surface area contributed by atoms with E-state index in [9.17, 15) is 27.2 Å². The van der Waals surface area contributed by atoms with Gasteiger partial charge >= 0.3 is 12.3 Å². The average Bonchev–Trinajstić information content (AvgIpc) is 3.33. The number of nitrogens with one attached hydrogen (secondary N) is 1. The van der Waals surface area contributed by atoms with Crippen molar-refractivity contribution in [2.75, 3.05) is 13.7 Å². The molecule has 0 saturated carbocycles. The van der Waals surface area contributed by atoms with Crippen LogP contribution >= 0.6 is 0 Å². The Morgan fingerprint density at radius 2 is 1.91 bits per heavy atom. The molecule has 1 aliphatic heterocycles. The third kappa shape index (κ3) is 5.91. The number of hydrogen-bond acceptors (Lipinski definition) is 7. The number of hydrogen-bond donors (Lipinski definition) is 1. The summed E-state index contributed by atoms with van der Waals surface area (Å²) in [5, 5.41) is 6.68. The second-order valence-electron chi connectivity index (χ2n) is 8.57. The number of ether oxygens (including phenoxy) is 2. The molecule has 2 unspecified atom stereocenters. The Bertz CT molecular complexity index is 1040. The first-order valence-electron chi connectivity index (χ1n) is 10.2. The van der Waals surface area contributed by atoms with Crippen molar-refractivity contribution in [3.05, 3.63) is 29.8 Å². The second kappa shape index (κ2) is 9.43. The van der Waals surface area contributed by atoms with Crippen LogP contribution in [0.15, 0.2) is 18.6 Å². The molecular weight excluding hydrogens is 464 g/mol. The molecule has 0 aromatic carbocycles. The van der Waals surface area contributed by atoms with E-state index >= 15 is 0 Å². The summed E-state index contributed by atoms with van der Waals surface area (Å²) in [5.74, 6) is -0.521. The minimum atomic E-state index is -4.63. The lowest BCUT2D eigenvalue weighted by Gasteiger charge is -2.27. The van der Waals surface area contributed by atoms with E-state index in [2.05, 4.69) is 20.4 Å². The topological polar surface area (TPSA) is 111 Å². The third-order valence-electron chi connectivity index (χ3n) is 4.74. The number of halogens is 4. The molecule has 0 bridgehead atoms. The van der Waals surface area contributed by atoms with Gasteiger partial charge in [-0.2, -0.15) is 13.2 Å². The van der Waals surface area contributed by atoms with E-state index in [1.807, 2.05) is 0 Å². The lowest BCUT2D eigenvalue weighted by atomic mass is 10.2. The van der Waals surface area contributed by atoms with E-state index in [0.29, 0.717) is 11.8 Å². The highest BCUT2D eigenvalue weighted by atomic mass is 19.4. The molecule has 10 nitrogen and oxygen atoms in total. The number of aromatic nitrogens is 4. The normalized spacial score (nSPS) is 18.6. The average molecular weight is 488 g/mol. The summed E-state index contributed by atoms with van der Waals surface area (Å²) in [7, 11) is 1.32. The Hall–Kier alpha value is -3.45. The first-order chi connectivity index (χ1) is 15.8. The molecule has 0 aliphatic carbocycles. The summed E-state index contributed by atoms with van der Waals surface area (Å²) < 4.78 is 63.6. The van der Waals surface area contributed by atoms with E-state index in [1.54, 1.807) is 20.8 Å². The molecule has 1 fully saturated rings. The van der Waals surface area contributed by atoms with Crippen LogP contribution in [0.4, 0.5) is 22.4 Å². The summed E-state index contributed by atoms with van der Waals surface area (Å²) >= 11 is 0. The highest BCUT2D eigenvalue weighted by Gasteiger charge is 2.41. The van der Waals surface area contributed by atoms with Gasteiger partial charge in [0.05, 0.1) is 31.6 Å². The zero-order chi connectivity index (χ0) is 25.3. The van der Waals surface area contributed by atoms with E-state index in [-0.39, 0.29) is 31.2 Å². The Balaban J connectivity index is 1.70. The molecule has 2 aromatic rings. The molecule has 1 aliphatic rings. The molecule has 1 saturated heterocycles. The maximum Gasteiger partial charge on any atom is 0.434 e. The van der Waals surface area contributed by atoms with Gasteiger partial charge in [-0.05, 0) is 20.8 Å². The number of methoxy groups -OCH3 is 1. The predicted octanol–water partition coefficient (Wildman–Crippen LogP) is 2.65. The van der Waals surface area contributed by atoms with E-state index in [1.165, 1.54) is 13.3 Å². The van der Waals surface area contributed by atoms with Crippen LogP contribution in [0, 0.1) is 0 Å². The number of amides is 2. The van der Waals surface area contributed by atoms with Crippen molar-refractivity contribution in [3.8, 4) is 11.7 Å². The molecule has 2 aromatic heterocycles. The Labute approximate surface area is 192 Å². The molecule has 186 valence electrons. The maximum absolute atomic E-state index is 14.0. The van der Waals surface area contributed by atoms with Gasteiger partial charge in [-0.15, -0.1) is 5.10 Å². The van der Waals surface area contributed by atoms with Gasteiger partial charge in [-0.25, -0.2) is 23.8 Å². The standard InChI is InChI=1S/C20H24F4N6O4/c1-19(2,3)34-18(32)29-10-12(21)5-13(29)16(31)27-6-11-9-30(28-17(11)33-4)15-8-25-14(7-26-15)20(22,23)24/h7-9,12-13H,5-6,10H2,1-4H3,(H,27,31). The Morgan fingerprint density at radius 3 is 2.47 bits per heavy atom. The fraction of sp³-hybridized carbons (Fsp3) is 0.550. The summed E-state index contributed by atoms with van der Waals surface area (Å²) in [6.45, 7) is 4.61. The first kappa shape index (κ1) is 25.2. The summed E-state index contributed by atoms with van der Waals surface area (Å²) in [5.41, 5.74) is -1.59. The lowest BCUT2D eigenvalue weighted by Crippen LogP contribution is -2.47. The van der Waals surface area contributed by atoms with Crippen LogP contribution < -0.4 is 10.1 Å². The fourth-order valence-corrected chi connectivity index (χ4v) is 3.25. The summed E-state index contributed by atoms with van der Waals surface area (Å²) in [4.78, 5) is 33.2. The fourth-order valence-electron chi connectivity index (χ4n) is 3.25. The largest absolute Gasteiger partial charge is 0.480 e. The van der Waals surface area contributed by atoms with Crippen LogP contribution in [0.2, 0.25) is 0 Å². The van der Waals surface area contributed by atoms with Gasteiger partial charge in [-0.3, -0.25) is 9.69 Å². The van der Waals surface area contributed by atoms with Crippen molar-refractivity contribution in [1.82, 2.24) is 30.0 Å². The third-order valence-corrected chi connectivity index (χ3v) is 4.74. The van der Waals surface area contributed by atoms with Crippen LogP contribution in [-0.4, -0.2) is 68.1 Å². The molecule has 1 N–H and O–H groups in total. The predicted molar refractivity (Wildman–Crippen MR) is 109 cm³/mol. The van der Waals surface area contributed by atoms with Crippen LogP contribution in [0.1, 0.15) is 38.4 Å². The van der Waals surface area contributed by atoms with Crippen molar-refractivity contribution in [2.45, 2.75) is 57.7 Å². The Morgan fingerprint density at radius 1 is 1.21 bits per heavy atom. The van der Waals surface area contributed by atoms with Gasteiger partial charge in [0.1, 0.15) is 17.8 Å². The van der Waals surface area contributed by atoms with Crippen molar-refractivity contribution < 1.29 is 36.6 Å². The quantitative estimate of drug-likeness (QED) is 0.644. The summed E-state index contributed by atoms with van der Waals surface area (Å²) in [6, 6.07) is -1.06. The van der Waals surface area contributed by atoms with Crippen LogP contribution in [0.3, 0.4) is 0 Å². The van der Waals surface area contributed by atoms with E-state index < -0.39 is 41.7 Å². The highest BCUT2D eigenvalue weighted by Crippen LogP contribution is 2.27. The van der Waals surface area contributed by atoms with Crippen molar-refractivity contribution in [1.29, 1.82) is 0 Å². The zero-order valence-electron chi connectivity index (χ0n) is 18.9. The van der Waals surface area contributed by atoms with Crippen LogP contribution in [0.25, 0.3) is 5.82 Å². The molecule has 14 heteroatoms. The highest BCUT2D eigenvalue weighted by molar-refractivity contribution is 5.86. The van der Waals surface area contributed by atoms with Gasteiger partial charge < -0.3 is 14.8 Å². The van der Waals surface area contributed by atoms with Gasteiger partial charge in [0.2, 0.25) is 11.8 Å². The number of alkyl halides is 4. The molecule has 2 atom stereocenters. The second-order valence-corrected chi connectivity index (χ2v) is 8.57. The lowest BCUT2D eigenvalue weighted by molar-refractivity contribution is -0.141. The SMILES string of the molecule is COc1nn(-c2cnc(C(F)(F)F)cn2)cc1CNC(=O)C1CC(F)CN1C(=O)OC(C)(C)C. The smallest absolute Gasteiger partial charge is 0.434 e. The summed E-state index contributed by atoms with van der Waals surface area (Å²) in [6.07, 6.45) is -4.11. The van der Waals surface area contributed by atoms with E-state index in [4.69, 9.17) is 9.47 Å². The van der Waals surface area contributed by atoms with Crippen molar-refractivity contribution in [3.63, 3.8) is 0 Å². The minimum absolute atomic E-state index is 0.00367. The number of rotatable bonds is 5. The first-order valence-corrected chi connectivity index (χ1v) is 10.2. The van der Waals surface area contributed by atoms with Gasteiger partial charge in [0.15, 0.2) is 11.5 Å². The molecule has 34 heavy (non-hydrogen) atoms. The Kier molecular flexibility index (Phi) is 6.98. The molecule has 2 amide bonds. The molecule has 0 spiro atoms. The number of nitrogens with zero attached hydrogens (tertiary/aromatic N) is 5.